The van der Waals surface area contributed by atoms with Crippen LogP contribution in [0.15, 0.2) is 23.4 Å². The second-order valence-electron chi connectivity index (χ2n) is 4.59. The fourth-order valence-electron chi connectivity index (χ4n) is 2.27. The van der Waals surface area contributed by atoms with Gasteiger partial charge in [-0.15, -0.1) is 0 Å². The molecule has 0 bridgehead atoms. The second-order valence-corrected chi connectivity index (χ2v) is 5.02. The SMILES string of the molecule is NC(=NO)c1cc(Cl)ccc1OCC1CCCC1. The normalized spacial score (nSPS) is 17.1. The predicted molar refractivity (Wildman–Crippen MR) is 71.4 cm³/mol. The van der Waals surface area contributed by atoms with Crippen molar-refractivity contribution in [3.63, 3.8) is 0 Å². The quantitative estimate of drug-likeness (QED) is 0.382. The molecule has 1 aliphatic carbocycles. The fourth-order valence-corrected chi connectivity index (χ4v) is 2.44. The zero-order valence-corrected chi connectivity index (χ0v) is 10.9. The summed E-state index contributed by atoms with van der Waals surface area (Å²) in [6, 6.07) is 5.13. The van der Waals surface area contributed by atoms with E-state index in [4.69, 9.17) is 27.3 Å². The molecule has 98 valence electrons. The summed E-state index contributed by atoms with van der Waals surface area (Å²) < 4.78 is 5.77. The molecule has 18 heavy (non-hydrogen) atoms. The lowest BCUT2D eigenvalue weighted by molar-refractivity contribution is 0.251. The summed E-state index contributed by atoms with van der Waals surface area (Å²) in [5.41, 5.74) is 6.14. The molecular weight excluding hydrogens is 252 g/mol. The molecule has 4 nitrogen and oxygen atoms in total. The maximum absolute atomic E-state index is 8.75. The van der Waals surface area contributed by atoms with Gasteiger partial charge in [-0.3, -0.25) is 0 Å². The van der Waals surface area contributed by atoms with Gasteiger partial charge >= 0.3 is 0 Å². The number of nitrogens with zero attached hydrogens (tertiary/aromatic N) is 1. The lowest BCUT2D eigenvalue weighted by atomic mass is 10.1. The van der Waals surface area contributed by atoms with Gasteiger partial charge in [0.1, 0.15) is 5.75 Å². The minimum Gasteiger partial charge on any atom is -0.493 e. The number of benzene rings is 1. The van der Waals surface area contributed by atoms with Crippen molar-refractivity contribution in [1.29, 1.82) is 0 Å². The molecule has 0 heterocycles. The molecule has 0 amide bonds. The second kappa shape index (κ2) is 5.96. The van der Waals surface area contributed by atoms with Crippen molar-refractivity contribution in [2.45, 2.75) is 25.7 Å². The largest absolute Gasteiger partial charge is 0.493 e. The molecule has 3 N–H and O–H groups in total. The van der Waals surface area contributed by atoms with E-state index < -0.39 is 0 Å². The number of nitrogens with two attached hydrogens (primary N) is 1. The number of amidine groups is 1. The third-order valence-corrected chi connectivity index (χ3v) is 3.51. The first-order valence-electron chi connectivity index (χ1n) is 6.11. The number of hydrogen-bond acceptors (Lipinski definition) is 3. The van der Waals surface area contributed by atoms with E-state index in [9.17, 15) is 0 Å². The Balaban J connectivity index is 2.10. The van der Waals surface area contributed by atoms with Gasteiger partial charge in [0.2, 0.25) is 0 Å². The maximum Gasteiger partial charge on any atom is 0.173 e. The van der Waals surface area contributed by atoms with E-state index in [2.05, 4.69) is 5.16 Å². The number of hydrogen-bond donors (Lipinski definition) is 2. The molecule has 0 radical (unpaired) electrons. The Hall–Kier alpha value is -1.42. The first-order valence-corrected chi connectivity index (χ1v) is 6.48. The van der Waals surface area contributed by atoms with Crippen LogP contribution >= 0.6 is 11.6 Å². The van der Waals surface area contributed by atoms with Gasteiger partial charge in [0.25, 0.3) is 0 Å². The van der Waals surface area contributed by atoms with E-state index in [0.29, 0.717) is 28.9 Å². The Morgan fingerprint density at radius 2 is 2.17 bits per heavy atom. The van der Waals surface area contributed by atoms with Crippen molar-refractivity contribution >= 4 is 17.4 Å². The number of ether oxygens (including phenoxy) is 1. The molecule has 1 fully saturated rings. The van der Waals surface area contributed by atoms with E-state index in [-0.39, 0.29) is 5.84 Å². The van der Waals surface area contributed by atoms with E-state index in [1.54, 1.807) is 18.2 Å². The Kier molecular flexibility index (Phi) is 4.31. The van der Waals surface area contributed by atoms with Gasteiger partial charge < -0.3 is 15.7 Å². The lowest BCUT2D eigenvalue weighted by Crippen LogP contribution is -2.16. The lowest BCUT2D eigenvalue weighted by Gasteiger charge is -2.14. The van der Waals surface area contributed by atoms with Crippen molar-refractivity contribution in [1.82, 2.24) is 0 Å². The zero-order valence-electron chi connectivity index (χ0n) is 10.1. The van der Waals surface area contributed by atoms with Crippen LogP contribution in [0, 0.1) is 5.92 Å². The Morgan fingerprint density at radius 1 is 1.44 bits per heavy atom. The van der Waals surface area contributed by atoms with Crippen LogP contribution in [0.1, 0.15) is 31.2 Å². The molecule has 0 unspecified atom stereocenters. The first kappa shape index (κ1) is 13.0. The Morgan fingerprint density at radius 3 is 2.83 bits per heavy atom. The molecular formula is C13H17ClN2O2. The van der Waals surface area contributed by atoms with E-state index >= 15 is 0 Å². The Labute approximate surface area is 111 Å². The van der Waals surface area contributed by atoms with Gasteiger partial charge in [-0.25, -0.2) is 0 Å². The summed E-state index contributed by atoms with van der Waals surface area (Å²) >= 11 is 5.90. The van der Waals surface area contributed by atoms with Crippen LogP contribution in [-0.4, -0.2) is 17.6 Å². The van der Waals surface area contributed by atoms with Crippen LogP contribution in [-0.2, 0) is 0 Å². The maximum atomic E-state index is 8.75. The van der Waals surface area contributed by atoms with E-state index in [1.807, 2.05) is 0 Å². The summed E-state index contributed by atoms with van der Waals surface area (Å²) in [5, 5.41) is 12.3. The average molecular weight is 269 g/mol. The van der Waals surface area contributed by atoms with Gasteiger partial charge in [0.15, 0.2) is 5.84 Å². The van der Waals surface area contributed by atoms with Crippen LogP contribution in [0.3, 0.4) is 0 Å². The van der Waals surface area contributed by atoms with Crippen molar-refractivity contribution in [2.75, 3.05) is 6.61 Å². The van der Waals surface area contributed by atoms with E-state index in [0.717, 1.165) is 0 Å². The standard InChI is InChI=1S/C13H17ClN2O2/c14-10-5-6-12(11(7-10)13(15)16-17)18-8-9-3-1-2-4-9/h5-7,9,17H,1-4,8H2,(H2,15,16). The highest BCUT2D eigenvalue weighted by Gasteiger charge is 2.17. The molecule has 1 aromatic carbocycles. The molecule has 5 heteroatoms. The predicted octanol–water partition coefficient (Wildman–Crippen LogP) is 3.00. The summed E-state index contributed by atoms with van der Waals surface area (Å²) in [7, 11) is 0. The van der Waals surface area contributed by atoms with Crippen molar-refractivity contribution in [3.05, 3.63) is 28.8 Å². The molecule has 1 aromatic rings. The topological polar surface area (TPSA) is 67.8 Å². The van der Waals surface area contributed by atoms with Crippen LogP contribution in [0.4, 0.5) is 0 Å². The number of rotatable bonds is 4. The minimum absolute atomic E-state index is 0.0129. The van der Waals surface area contributed by atoms with Crippen LogP contribution < -0.4 is 10.5 Å². The number of oxime groups is 1. The zero-order chi connectivity index (χ0) is 13.0. The van der Waals surface area contributed by atoms with Crippen LogP contribution in [0.25, 0.3) is 0 Å². The molecule has 1 aliphatic rings. The molecule has 0 atom stereocenters. The van der Waals surface area contributed by atoms with Crippen molar-refractivity contribution < 1.29 is 9.94 Å². The van der Waals surface area contributed by atoms with Gasteiger partial charge in [0.05, 0.1) is 12.2 Å². The fraction of sp³-hybridized carbons (Fsp3) is 0.462. The van der Waals surface area contributed by atoms with Crippen LogP contribution in [0.5, 0.6) is 5.75 Å². The molecule has 2 rings (SSSR count). The van der Waals surface area contributed by atoms with E-state index in [1.165, 1.54) is 25.7 Å². The highest BCUT2D eigenvalue weighted by atomic mass is 35.5. The van der Waals surface area contributed by atoms with Crippen molar-refractivity contribution in [3.8, 4) is 5.75 Å². The van der Waals surface area contributed by atoms with Gasteiger partial charge in [0, 0.05) is 5.02 Å². The smallest absolute Gasteiger partial charge is 0.173 e. The molecule has 0 aromatic heterocycles. The molecule has 0 spiro atoms. The summed E-state index contributed by atoms with van der Waals surface area (Å²) in [4.78, 5) is 0. The minimum atomic E-state index is 0.0129. The highest BCUT2D eigenvalue weighted by molar-refractivity contribution is 6.31. The summed E-state index contributed by atoms with van der Waals surface area (Å²) in [5.74, 6) is 1.24. The summed E-state index contributed by atoms with van der Waals surface area (Å²) in [6.07, 6.45) is 4.99. The van der Waals surface area contributed by atoms with Gasteiger partial charge in [-0.05, 0) is 37.0 Å². The number of halogens is 1. The average Bonchev–Trinajstić information content (AvgIpc) is 2.89. The first-order chi connectivity index (χ1) is 8.70. The molecule has 1 saturated carbocycles. The van der Waals surface area contributed by atoms with Gasteiger partial charge in [-0.2, -0.15) is 0 Å². The Bertz CT molecular complexity index is 443. The monoisotopic (exact) mass is 268 g/mol. The highest BCUT2D eigenvalue weighted by Crippen LogP contribution is 2.28. The summed E-state index contributed by atoms with van der Waals surface area (Å²) in [6.45, 7) is 0.674. The molecule has 0 saturated heterocycles. The van der Waals surface area contributed by atoms with Crippen molar-refractivity contribution in [2.24, 2.45) is 16.8 Å². The third kappa shape index (κ3) is 3.07. The van der Waals surface area contributed by atoms with Gasteiger partial charge in [-0.1, -0.05) is 29.6 Å². The molecule has 0 aliphatic heterocycles. The van der Waals surface area contributed by atoms with Crippen LogP contribution in [0.2, 0.25) is 5.02 Å². The third-order valence-electron chi connectivity index (χ3n) is 3.27.